The molecular formula is C18H20N2O2. The number of methoxy groups -OCH3 is 2. The van der Waals surface area contributed by atoms with E-state index in [4.69, 9.17) is 9.47 Å². The van der Waals surface area contributed by atoms with Gasteiger partial charge in [0.1, 0.15) is 17.3 Å². The highest BCUT2D eigenvalue weighted by molar-refractivity contribution is 5.87. The van der Waals surface area contributed by atoms with E-state index in [2.05, 4.69) is 28.5 Å². The Morgan fingerprint density at radius 1 is 1.05 bits per heavy atom. The number of benzene rings is 2. The SMILES string of the molecule is COc1ccc(CNC2=Nc3ccccc3CC2)c(OC)c1. The van der Waals surface area contributed by atoms with Crippen molar-refractivity contribution in [3.8, 4) is 11.5 Å². The molecule has 1 aliphatic heterocycles. The van der Waals surface area contributed by atoms with Gasteiger partial charge in [0.2, 0.25) is 0 Å². The first-order chi connectivity index (χ1) is 10.8. The van der Waals surface area contributed by atoms with Crippen LogP contribution in [0.4, 0.5) is 5.69 Å². The summed E-state index contributed by atoms with van der Waals surface area (Å²) >= 11 is 0. The Bertz CT molecular complexity index is 695. The van der Waals surface area contributed by atoms with Crippen LogP contribution in [0.2, 0.25) is 0 Å². The third-order valence-corrected chi connectivity index (χ3v) is 3.86. The number of aliphatic imine (C=N–C) groups is 1. The van der Waals surface area contributed by atoms with Gasteiger partial charge < -0.3 is 14.8 Å². The van der Waals surface area contributed by atoms with E-state index in [0.29, 0.717) is 6.54 Å². The minimum atomic E-state index is 0.689. The largest absolute Gasteiger partial charge is 0.497 e. The van der Waals surface area contributed by atoms with Crippen LogP contribution in [0, 0.1) is 0 Å². The van der Waals surface area contributed by atoms with Gasteiger partial charge in [0.15, 0.2) is 0 Å². The van der Waals surface area contributed by atoms with Gasteiger partial charge in [-0.2, -0.15) is 0 Å². The standard InChI is InChI=1S/C18H20N2O2/c1-21-15-9-7-14(17(11-15)22-2)12-19-18-10-8-13-5-3-4-6-16(13)20-18/h3-7,9,11H,8,10,12H2,1-2H3,(H,19,20). The molecule has 0 atom stereocenters. The smallest absolute Gasteiger partial charge is 0.127 e. The zero-order valence-electron chi connectivity index (χ0n) is 12.9. The van der Waals surface area contributed by atoms with Crippen LogP contribution in [0.1, 0.15) is 17.5 Å². The van der Waals surface area contributed by atoms with E-state index in [1.54, 1.807) is 14.2 Å². The predicted molar refractivity (Wildman–Crippen MR) is 88.2 cm³/mol. The molecule has 0 aromatic heterocycles. The fourth-order valence-corrected chi connectivity index (χ4v) is 2.61. The molecule has 0 saturated carbocycles. The molecular weight excluding hydrogens is 276 g/mol. The summed E-state index contributed by atoms with van der Waals surface area (Å²) in [7, 11) is 3.33. The van der Waals surface area contributed by atoms with Crippen LogP contribution in [-0.2, 0) is 13.0 Å². The predicted octanol–water partition coefficient (Wildman–Crippen LogP) is 3.47. The molecule has 4 heteroatoms. The summed E-state index contributed by atoms with van der Waals surface area (Å²) in [5.41, 5.74) is 3.47. The van der Waals surface area contributed by atoms with Gasteiger partial charge in [-0.05, 0) is 30.2 Å². The first kappa shape index (κ1) is 14.4. The highest BCUT2D eigenvalue weighted by Gasteiger charge is 2.12. The average Bonchev–Trinajstić information content (AvgIpc) is 2.59. The topological polar surface area (TPSA) is 42.8 Å². The Balaban J connectivity index is 1.72. The molecule has 3 rings (SSSR count). The number of nitrogens with zero attached hydrogens (tertiary/aromatic N) is 1. The summed E-state index contributed by atoms with van der Waals surface area (Å²) in [5.74, 6) is 2.64. The highest BCUT2D eigenvalue weighted by atomic mass is 16.5. The summed E-state index contributed by atoms with van der Waals surface area (Å²) in [5, 5.41) is 3.42. The van der Waals surface area contributed by atoms with Crippen LogP contribution in [0.5, 0.6) is 11.5 Å². The summed E-state index contributed by atoms with van der Waals surface area (Å²) in [6.07, 6.45) is 1.97. The maximum atomic E-state index is 5.42. The number of hydrogen-bond donors (Lipinski definition) is 1. The molecule has 0 spiro atoms. The van der Waals surface area contributed by atoms with Crippen LogP contribution in [0.3, 0.4) is 0 Å². The minimum Gasteiger partial charge on any atom is -0.497 e. The number of hydrogen-bond acceptors (Lipinski definition) is 4. The van der Waals surface area contributed by atoms with E-state index in [1.807, 2.05) is 24.3 Å². The van der Waals surface area contributed by atoms with Crippen LogP contribution in [-0.4, -0.2) is 20.1 Å². The first-order valence-corrected chi connectivity index (χ1v) is 7.40. The van der Waals surface area contributed by atoms with Gasteiger partial charge in [-0.3, -0.25) is 0 Å². The fourth-order valence-electron chi connectivity index (χ4n) is 2.61. The second-order valence-corrected chi connectivity index (χ2v) is 5.22. The second-order valence-electron chi connectivity index (χ2n) is 5.22. The Hall–Kier alpha value is -2.49. The molecule has 1 aliphatic rings. The molecule has 4 nitrogen and oxygen atoms in total. The van der Waals surface area contributed by atoms with Crippen molar-refractivity contribution in [2.45, 2.75) is 19.4 Å². The normalized spacial score (nSPS) is 13.1. The van der Waals surface area contributed by atoms with Crippen LogP contribution in [0.25, 0.3) is 0 Å². The van der Waals surface area contributed by atoms with Crippen molar-refractivity contribution in [2.24, 2.45) is 4.99 Å². The van der Waals surface area contributed by atoms with E-state index in [9.17, 15) is 0 Å². The van der Waals surface area contributed by atoms with Crippen molar-refractivity contribution in [2.75, 3.05) is 14.2 Å². The molecule has 1 N–H and O–H groups in total. The third kappa shape index (κ3) is 3.06. The molecule has 0 fully saturated rings. The van der Waals surface area contributed by atoms with Crippen LogP contribution >= 0.6 is 0 Å². The van der Waals surface area contributed by atoms with Crippen LogP contribution < -0.4 is 14.8 Å². The third-order valence-electron chi connectivity index (χ3n) is 3.86. The van der Waals surface area contributed by atoms with Gasteiger partial charge in [-0.15, -0.1) is 0 Å². The van der Waals surface area contributed by atoms with Crippen molar-refractivity contribution in [1.82, 2.24) is 5.32 Å². The number of ether oxygens (including phenoxy) is 2. The van der Waals surface area contributed by atoms with Crippen molar-refractivity contribution in [3.63, 3.8) is 0 Å². The minimum absolute atomic E-state index is 0.689. The Morgan fingerprint density at radius 3 is 2.73 bits per heavy atom. The first-order valence-electron chi connectivity index (χ1n) is 7.40. The van der Waals surface area contributed by atoms with Gasteiger partial charge in [0, 0.05) is 24.6 Å². The van der Waals surface area contributed by atoms with Crippen molar-refractivity contribution < 1.29 is 9.47 Å². The zero-order valence-corrected chi connectivity index (χ0v) is 12.9. The maximum Gasteiger partial charge on any atom is 0.127 e. The molecule has 0 saturated heterocycles. The van der Waals surface area contributed by atoms with Crippen molar-refractivity contribution >= 4 is 11.5 Å². The quantitative estimate of drug-likeness (QED) is 0.939. The Labute approximate surface area is 130 Å². The number of aryl methyl sites for hydroxylation is 1. The molecule has 0 aliphatic carbocycles. The van der Waals surface area contributed by atoms with Gasteiger partial charge in [0.05, 0.1) is 19.9 Å². The van der Waals surface area contributed by atoms with E-state index in [1.165, 1.54) is 5.56 Å². The van der Waals surface area contributed by atoms with Gasteiger partial charge in [-0.1, -0.05) is 18.2 Å². The zero-order chi connectivity index (χ0) is 15.4. The Morgan fingerprint density at radius 2 is 1.91 bits per heavy atom. The molecule has 2 aromatic carbocycles. The summed E-state index contributed by atoms with van der Waals surface area (Å²) in [4.78, 5) is 4.69. The maximum absolute atomic E-state index is 5.42. The molecule has 0 radical (unpaired) electrons. The number of fused-ring (bicyclic) bond motifs is 1. The van der Waals surface area contributed by atoms with Crippen molar-refractivity contribution in [1.29, 1.82) is 0 Å². The lowest BCUT2D eigenvalue weighted by Gasteiger charge is -2.17. The lowest BCUT2D eigenvalue weighted by molar-refractivity contribution is 0.390. The van der Waals surface area contributed by atoms with E-state index in [0.717, 1.165) is 41.4 Å². The highest BCUT2D eigenvalue weighted by Crippen LogP contribution is 2.26. The number of para-hydroxylation sites is 1. The lowest BCUT2D eigenvalue weighted by atomic mass is 10.0. The van der Waals surface area contributed by atoms with Gasteiger partial charge >= 0.3 is 0 Å². The molecule has 22 heavy (non-hydrogen) atoms. The summed E-state index contributed by atoms with van der Waals surface area (Å²) in [6, 6.07) is 14.1. The van der Waals surface area contributed by atoms with Gasteiger partial charge in [0.25, 0.3) is 0 Å². The number of nitrogens with one attached hydrogen (secondary N) is 1. The van der Waals surface area contributed by atoms with Gasteiger partial charge in [-0.25, -0.2) is 4.99 Å². The van der Waals surface area contributed by atoms with Crippen molar-refractivity contribution in [3.05, 3.63) is 53.6 Å². The number of amidine groups is 1. The molecule has 0 amide bonds. The second kappa shape index (κ2) is 6.52. The number of rotatable bonds is 4. The average molecular weight is 296 g/mol. The molecule has 2 aromatic rings. The molecule has 0 unspecified atom stereocenters. The van der Waals surface area contributed by atoms with E-state index < -0.39 is 0 Å². The lowest BCUT2D eigenvalue weighted by Crippen LogP contribution is -2.25. The Kier molecular flexibility index (Phi) is 4.28. The monoisotopic (exact) mass is 296 g/mol. The van der Waals surface area contributed by atoms with E-state index in [-0.39, 0.29) is 0 Å². The summed E-state index contributed by atoms with van der Waals surface area (Å²) < 4.78 is 10.6. The van der Waals surface area contributed by atoms with E-state index >= 15 is 0 Å². The fraction of sp³-hybridized carbons (Fsp3) is 0.278. The van der Waals surface area contributed by atoms with Crippen LogP contribution in [0.15, 0.2) is 47.5 Å². The molecule has 1 heterocycles. The molecule has 114 valence electrons. The summed E-state index contributed by atoms with van der Waals surface area (Å²) in [6.45, 7) is 0.689. The molecule has 0 bridgehead atoms.